The highest BCUT2D eigenvalue weighted by molar-refractivity contribution is 7.17. The van der Waals surface area contributed by atoms with E-state index in [1.807, 2.05) is 0 Å². The second-order valence-electron chi connectivity index (χ2n) is 10.7. The quantitative estimate of drug-likeness (QED) is 0.664. The third-order valence-electron chi connectivity index (χ3n) is 8.64. The molecule has 184 valence electrons. The molecule has 2 aliphatic heterocycles. The van der Waals surface area contributed by atoms with Crippen molar-refractivity contribution in [1.29, 1.82) is 0 Å². The number of fused-ring (bicyclic) bond motifs is 1. The van der Waals surface area contributed by atoms with Crippen molar-refractivity contribution in [2.24, 2.45) is 10.8 Å². The molecule has 1 N–H and O–H groups in total. The Kier molecular flexibility index (Phi) is 5.60. The van der Waals surface area contributed by atoms with E-state index in [0.717, 1.165) is 48.7 Å². The van der Waals surface area contributed by atoms with Crippen LogP contribution in [0, 0.1) is 22.5 Å². The molecule has 0 aromatic carbocycles. The lowest BCUT2D eigenvalue weighted by Gasteiger charge is -2.39. The predicted molar refractivity (Wildman–Crippen MR) is 129 cm³/mol. The Hall–Kier alpha value is -2.13. The van der Waals surface area contributed by atoms with E-state index in [4.69, 9.17) is 0 Å². The number of amides is 1. The normalized spacial score (nSPS) is 28.2. The van der Waals surface area contributed by atoms with Crippen LogP contribution in [0.1, 0.15) is 68.2 Å². The molecule has 1 amide bonds. The van der Waals surface area contributed by atoms with Gasteiger partial charge in [0, 0.05) is 33.2 Å². The van der Waals surface area contributed by atoms with Crippen LogP contribution >= 0.6 is 11.3 Å². The monoisotopic (exact) mass is 489 g/mol. The van der Waals surface area contributed by atoms with Crippen molar-refractivity contribution in [2.45, 2.75) is 64.0 Å². The van der Waals surface area contributed by atoms with Crippen LogP contribution in [0.2, 0.25) is 0 Å². The molecule has 4 heterocycles. The van der Waals surface area contributed by atoms with Crippen LogP contribution in [0.4, 0.5) is 13.9 Å². The van der Waals surface area contributed by atoms with E-state index in [2.05, 4.69) is 25.1 Å². The minimum Gasteiger partial charge on any atom is -0.348 e. The highest BCUT2D eigenvalue weighted by Crippen LogP contribution is 2.80. The van der Waals surface area contributed by atoms with Crippen molar-refractivity contribution < 1.29 is 15.0 Å². The van der Waals surface area contributed by atoms with Gasteiger partial charge in [0.25, 0.3) is 5.91 Å². The molecule has 4 fully saturated rings. The van der Waals surface area contributed by atoms with Crippen LogP contribution in [-0.4, -0.2) is 53.0 Å². The number of likely N-dealkylation sites (tertiary alicyclic amines) is 1. The first-order chi connectivity index (χ1) is 16.5. The number of aromatic nitrogens is 2. The maximum Gasteiger partial charge on any atom is 0.263 e. The Labute approximate surface area is 204 Å². The van der Waals surface area contributed by atoms with Gasteiger partial charge in [0.1, 0.15) is 16.5 Å². The van der Waals surface area contributed by atoms with Gasteiger partial charge < -0.3 is 10.2 Å². The first-order valence-electron chi connectivity index (χ1n) is 12.5. The Balaban J connectivity index is 0.00000253. The molecule has 9 heteroatoms. The second-order valence-corrected chi connectivity index (χ2v) is 11.7. The fourth-order valence-electron chi connectivity index (χ4n) is 6.49. The lowest BCUT2D eigenvalue weighted by atomic mass is 9.89. The van der Waals surface area contributed by atoms with Crippen molar-refractivity contribution in [3.05, 3.63) is 40.7 Å². The van der Waals surface area contributed by atoms with Gasteiger partial charge in [-0.2, -0.15) is 0 Å². The van der Waals surface area contributed by atoms with Crippen LogP contribution in [0.3, 0.4) is 0 Å². The van der Waals surface area contributed by atoms with Crippen LogP contribution < -0.4 is 10.2 Å². The van der Waals surface area contributed by atoms with Crippen LogP contribution in [0.5, 0.6) is 0 Å². The number of hydrogen-bond donors (Lipinski definition) is 1. The Bertz CT molecular complexity index is 1100. The Morgan fingerprint density at radius 1 is 1.12 bits per heavy atom. The number of carbonyl (C=O) groups excluding carboxylic acids is 1. The van der Waals surface area contributed by atoms with E-state index in [9.17, 15) is 13.6 Å². The molecule has 0 radical (unpaired) electrons. The molecule has 2 unspecified atom stereocenters. The van der Waals surface area contributed by atoms with Crippen molar-refractivity contribution in [3.8, 4) is 0 Å². The zero-order chi connectivity index (χ0) is 23.3. The summed E-state index contributed by atoms with van der Waals surface area (Å²) in [6, 6.07) is 1.42. The van der Waals surface area contributed by atoms with Crippen molar-refractivity contribution in [1.82, 2.24) is 20.2 Å². The molecular weight excluding hydrogens is 456 g/mol. The molecule has 6 nitrogen and oxygen atoms in total. The number of anilines is 1. The Morgan fingerprint density at radius 3 is 2.79 bits per heavy atom. The fraction of sp³-hybridized carbons (Fsp3) is 0.640. The second kappa shape index (κ2) is 8.52. The number of piperidine rings is 1. The number of thiazole rings is 1. The molecule has 2 saturated carbocycles. The first-order valence-corrected chi connectivity index (χ1v) is 13.3. The summed E-state index contributed by atoms with van der Waals surface area (Å²) in [5, 5.41) is 3.53. The first kappa shape index (κ1) is 22.3. The maximum atomic E-state index is 13.8. The van der Waals surface area contributed by atoms with E-state index < -0.39 is 11.6 Å². The molecule has 2 spiro atoms. The van der Waals surface area contributed by atoms with Gasteiger partial charge in [0.15, 0.2) is 5.13 Å². The molecule has 2 saturated heterocycles. The van der Waals surface area contributed by atoms with Crippen LogP contribution in [-0.2, 0) is 6.54 Å². The van der Waals surface area contributed by atoms with E-state index >= 15 is 0 Å². The van der Waals surface area contributed by atoms with Crippen molar-refractivity contribution >= 4 is 22.4 Å². The van der Waals surface area contributed by atoms with E-state index in [1.165, 1.54) is 63.0 Å². The minimum absolute atomic E-state index is 0. The third-order valence-corrected chi connectivity index (χ3v) is 9.70. The van der Waals surface area contributed by atoms with E-state index in [1.54, 1.807) is 6.20 Å². The number of halogens is 2. The summed E-state index contributed by atoms with van der Waals surface area (Å²) in [7, 11) is 0. The standard InChI is InChI=1S/C25H31F2N5OS.H2/c26-17-11-19(27)20(28-12-17)13-29-22(33)21-14-30-23(34-21)31-8-1-3-18(4-10-31)32-9-2-5-25(16-32)15-24(25)6-7-24;/h11-12,14,18H,1-10,13,15-16H2,(H,29,33);1H. The van der Waals surface area contributed by atoms with Crippen LogP contribution in [0.15, 0.2) is 18.5 Å². The minimum atomic E-state index is -0.766. The van der Waals surface area contributed by atoms with Gasteiger partial charge in [-0.05, 0) is 68.7 Å². The molecule has 2 aliphatic carbocycles. The largest absolute Gasteiger partial charge is 0.348 e. The number of hydrogen-bond acceptors (Lipinski definition) is 6. The number of rotatable bonds is 5. The number of carbonyl (C=O) groups is 1. The summed E-state index contributed by atoms with van der Waals surface area (Å²) in [5.74, 6) is -1.82. The van der Waals surface area contributed by atoms with E-state index in [-0.39, 0.29) is 19.6 Å². The molecule has 6 rings (SSSR count). The summed E-state index contributed by atoms with van der Waals surface area (Å²) in [6.07, 6.45) is 13.2. The number of nitrogens with one attached hydrogen (secondary N) is 1. The van der Waals surface area contributed by atoms with Gasteiger partial charge in [-0.1, -0.05) is 11.3 Å². The summed E-state index contributed by atoms with van der Waals surface area (Å²) in [4.78, 5) is 26.4. The van der Waals surface area contributed by atoms with Gasteiger partial charge in [-0.3, -0.25) is 14.7 Å². The molecule has 34 heavy (non-hydrogen) atoms. The zero-order valence-corrected chi connectivity index (χ0v) is 20.2. The van der Waals surface area contributed by atoms with Crippen molar-refractivity contribution in [3.63, 3.8) is 0 Å². The molecule has 0 bridgehead atoms. The molecule has 4 aliphatic rings. The summed E-state index contributed by atoms with van der Waals surface area (Å²) < 4.78 is 26.8. The van der Waals surface area contributed by atoms with Gasteiger partial charge in [0.2, 0.25) is 0 Å². The molecule has 2 aromatic heterocycles. The molecule has 2 aromatic rings. The number of nitrogens with zero attached hydrogens (tertiary/aromatic N) is 4. The van der Waals surface area contributed by atoms with Gasteiger partial charge >= 0.3 is 0 Å². The average molecular weight is 490 g/mol. The summed E-state index contributed by atoms with van der Waals surface area (Å²) >= 11 is 1.37. The smallest absolute Gasteiger partial charge is 0.263 e. The van der Waals surface area contributed by atoms with Crippen LogP contribution in [0.25, 0.3) is 0 Å². The zero-order valence-electron chi connectivity index (χ0n) is 19.4. The Morgan fingerprint density at radius 2 is 2.00 bits per heavy atom. The van der Waals surface area contributed by atoms with Gasteiger partial charge in [-0.25, -0.2) is 13.8 Å². The molecular formula is C25H33F2N5OS. The lowest BCUT2D eigenvalue weighted by Crippen LogP contribution is -2.44. The van der Waals surface area contributed by atoms with Gasteiger partial charge in [0.05, 0.1) is 24.6 Å². The average Bonchev–Trinajstić information content (AvgIpc) is 3.68. The third kappa shape index (κ3) is 4.11. The summed E-state index contributed by atoms with van der Waals surface area (Å²) in [5.41, 5.74) is 1.41. The lowest BCUT2D eigenvalue weighted by molar-refractivity contribution is 0.0945. The number of pyridine rings is 1. The topological polar surface area (TPSA) is 61.4 Å². The highest BCUT2D eigenvalue weighted by atomic mass is 32.1. The fourth-order valence-corrected chi connectivity index (χ4v) is 7.38. The summed E-state index contributed by atoms with van der Waals surface area (Å²) in [6.45, 7) is 4.37. The van der Waals surface area contributed by atoms with Crippen molar-refractivity contribution in [2.75, 3.05) is 31.1 Å². The highest BCUT2D eigenvalue weighted by Gasteiger charge is 2.73. The maximum absolute atomic E-state index is 13.8. The SMILES string of the molecule is O=C(NCc1ncc(F)cc1F)c1cnc(N2CCCC(N3CCCC4(C3)CC43CC3)CC2)s1.[HH]. The van der Waals surface area contributed by atoms with Gasteiger partial charge in [-0.15, -0.1) is 0 Å². The predicted octanol–water partition coefficient (Wildman–Crippen LogP) is 4.62. The molecule has 2 atom stereocenters. The van der Waals surface area contributed by atoms with E-state index in [0.29, 0.717) is 16.3 Å².